The van der Waals surface area contributed by atoms with Crippen molar-refractivity contribution in [3.63, 3.8) is 0 Å². The monoisotopic (exact) mass is 300 g/mol. The van der Waals surface area contributed by atoms with Crippen LogP contribution in [-0.4, -0.2) is 57.0 Å². The van der Waals surface area contributed by atoms with Crippen molar-refractivity contribution in [1.82, 2.24) is 4.90 Å². The zero-order valence-electron chi connectivity index (χ0n) is 14.7. The summed E-state index contributed by atoms with van der Waals surface area (Å²) < 4.78 is 10.7. The van der Waals surface area contributed by atoms with Crippen LogP contribution in [0.15, 0.2) is 0 Å². The lowest BCUT2D eigenvalue weighted by molar-refractivity contribution is -0.0345. The Morgan fingerprint density at radius 1 is 1.24 bits per heavy atom. The van der Waals surface area contributed by atoms with Crippen LogP contribution < -0.4 is 5.73 Å². The fourth-order valence-electron chi connectivity index (χ4n) is 3.96. The number of methoxy groups -OCH3 is 2. The molecule has 0 bridgehead atoms. The molecule has 126 valence electrons. The molecule has 0 amide bonds. The standard InChI is InChI=1S/C17H36N2O2/c1-14(2)16-7-6-8-17(11-16,13-18)19(9-10-20-4)15(3)12-21-5/h14-16H,6-13,18H2,1-5H3. The van der Waals surface area contributed by atoms with Gasteiger partial charge in [-0.3, -0.25) is 4.90 Å². The summed E-state index contributed by atoms with van der Waals surface area (Å²) in [6.07, 6.45) is 5.03. The van der Waals surface area contributed by atoms with Crippen LogP contribution in [-0.2, 0) is 9.47 Å². The van der Waals surface area contributed by atoms with Crippen molar-refractivity contribution in [2.24, 2.45) is 17.6 Å². The molecule has 4 heteroatoms. The lowest BCUT2D eigenvalue weighted by Gasteiger charge is -2.51. The van der Waals surface area contributed by atoms with Crippen molar-refractivity contribution in [3.8, 4) is 0 Å². The Kier molecular flexibility index (Phi) is 8.17. The minimum absolute atomic E-state index is 0.115. The maximum atomic E-state index is 6.28. The van der Waals surface area contributed by atoms with Crippen LogP contribution >= 0.6 is 0 Å². The molecule has 0 spiro atoms. The van der Waals surface area contributed by atoms with Gasteiger partial charge in [-0.05, 0) is 31.6 Å². The molecular weight excluding hydrogens is 264 g/mol. The van der Waals surface area contributed by atoms with E-state index in [0.717, 1.165) is 38.1 Å². The quantitative estimate of drug-likeness (QED) is 0.711. The summed E-state index contributed by atoms with van der Waals surface area (Å²) >= 11 is 0. The largest absolute Gasteiger partial charge is 0.383 e. The molecule has 1 aliphatic carbocycles. The van der Waals surface area contributed by atoms with Gasteiger partial charge in [-0.1, -0.05) is 26.7 Å². The molecular formula is C17H36N2O2. The highest BCUT2D eigenvalue weighted by atomic mass is 16.5. The predicted octanol–water partition coefficient (Wildman–Crippen LogP) is 2.51. The predicted molar refractivity (Wildman–Crippen MR) is 88.5 cm³/mol. The molecule has 1 fully saturated rings. The Morgan fingerprint density at radius 3 is 2.48 bits per heavy atom. The molecule has 0 saturated heterocycles. The SMILES string of the molecule is COCCN(C(C)COC)C1(CN)CCCC(C(C)C)C1. The summed E-state index contributed by atoms with van der Waals surface area (Å²) in [6.45, 7) is 10.1. The van der Waals surface area contributed by atoms with Crippen molar-refractivity contribution in [3.05, 3.63) is 0 Å². The van der Waals surface area contributed by atoms with E-state index in [-0.39, 0.29) is 5.54 Å². The second-order valence-electron chi connectivity index (χ2n) is 7.02. The van der Waals surface area contributed by atoms with E-state index >= 15 is 0 Å². The molecule has 2 N–H and O–H groups in total. The van der Waals surface area contributed by atoms with Crippen molar-refractivity contribution < 1.29 is 9.47 Å². The van der Waals surface area contributed by atoms with Gasteiger partial charge < -0.3 is 15.2 Å². The van der Waals surface area contributed by atoms with Gasteiger partial charge in [-0.2, -0.15) is 0 Å². The molecule has 0 aromatic carbocycles. The lowest BCUT2D eigenvalue weighted by Crippen LogP contribution is -2.61. The van der Waals surface area contributed by atoms with Gasteiger partial charge in [0.05, 0.1) is 13.2 Å². The van der Waals surface area contributed by atoms with Crippen molar-refractivity contribution >= 4 is 0 Å². The molecule has 3 unspecified atom stereocenters. The third kappa shape index (κ3) is 4.92. The number of nitrogens with two attached hydrogens (primary N) is 1. The molecule has 1 saturated carbocycles. The normalized spacial score (nSPS) is 28.3. The van der Waals surface area contributed by atoms with E-state index in [0.29, 0.717) is 6.04 Å². The van der Waals surface area contributed by atoms with Crippen molar-refractivity contribution in [2.45, 2.75) is 58.0 Å². The average molecular weight is 300 g/mol. The molecule has 0 radical (unpaired) electrons. The van der Waals surface area contributed by atoms with Gasteiger partial charge in [-0.25, -0.2) is 0 Å². The Morgan fingerprint density at radius 2 is 1.95 bits per heavy atom. The molecule has 21 heavy (non-hydrogen) atoms. The average Bonchev–Trinajstić information content (AvgIpc) is 2.48. The summed E-state index contributed by atoms with van der Waals surface area (Å²) in [4.78, 5) is 2.56. The van der Waals surface area contributed by atoms with E-state index in [1.165, 1.54) is 25.7 Å². The first kappa shape index (κ1) is 18.9. The zero-order valence-corrected chi connectivity index (χ0v) is 14.7. The van der Waals surface area contributed by atoms with Crippen LogP contribution in [0.3, 0.4) is 0 Å². The Bertz CT molecular complexity index is 286. The van der Waals surface area contributed by atoms with Crippen LogP contribution in [0.4, 0.5) is 0 Å². The van der Waals surface area contributed by atoms with E-state index in [2.05, 4.69) is 25.7 Å². The van der Waals surface area contributed by atoms with Gasteiger partial charge in [0, 0.05) is 38.9 Å². The summed E-state index contributed by atoms with van der Waals surface area (Å²) in [7, 11) is 3.55. The molecule has 0 aromatic rings. The Balaban J connectivity index is 2.91. The van der Waals surface area contributed by atoms with Crippen LogP contribution in [0.5, 0.6) is 0 Å². The molecule has 0 aliphatic heterocycles. The number of hydrogen-bond donors (Lipinski definition) is 1. The number of rotatable bonds is 9. The van der Waals surface area contributed by atoms with Crippen LogP contribution in [0, 0.1) is 11.8 Å². The number of nitrogens with zero attached hydrogens (tertiary/aromatic N) is 1. The van der Waals surface area contributed by atoms with E-state index in [1.807, 2.05) is 0 Å². The van der Waals surface area contributed by atoms with E-state index < -0.39 is 0 Å². The van der Waals surface area contributed by atoms with Gasteiger partial charge in [0.2, 0.25) is 0 Å². The maximum absolute atomic E-state index is 6.28. The molecule has 4 nitrogen and oxygen atoms in total. The van der Waals surface area contributed by atoms with Crippen LogP contribution in [0.25, 0.3) is 0 Å². The Labute approximate surface area is 131 Å². The molecule has 1 aliphatic rings. The second kappa shape index (κ2) is 9.09. The summed E-state index contributed by atoms with van der Waals surface area (Å²) in [5, 5.41) is 0. The first-order valence-electron chi connectivity index (χ1n) is 8.45. The summed E-state index contributed by atoms with van der Waals surface area (Å²) in [5.41, 5.74) is 6.40. The fourth-order valence-corrected chi connectivity index (χ4v) is 3.96. The summed E-state index contributed by atoms with van der Waals surface area (Å²) in [5.74, 6) is 1.51. The fraction of sp³-hybridized carbons (Fsp3) is 1.00. The van der Waals surface area contributed by atoms with Crippen molar-refractivity contribution in [1.29, 1.82) is 0 Å². The van der Waals surface area contributed by atoms with E-state index in [1.54, 1.807) is 14.2 Å². The number of ether oxygens (including phenoxy) is 2. The molecule has 1 rings (SSSR count). The van der Waals surface area contributed by atoms with E-state index in [9.17, 15) is 0 Å². The minimum Gasteiger partial charge on any atom is -0.383 e. The van der Waals surface area contributed by atoms with Crippen molar-refractivity contribution in [2.75, 3.05) is 40.5 Å². The van der Waals surface area contributed by atoms with Gasteiger partial charge >= 0.3 is 0 Å². The number of hydrogen-bond acceptors (Lipinski definition) is 4. The minimum atomic E-state index is 0.115. The highest BCUT2D eigenvalue weighted by molar-refractivity contribution is 4.98. The Hall–Kier alpha value is -0.160. The highest BCUT2D eigenvalue weighted by Crippen LogP contribution is 2.40. The topological polar surface area (TPSA) is 47.7 Å². The van der Waals surface area contributed by atoms with Gasteiger partial charge in [0.25, 0.3) is 0 Å². The van der Waals surface area contributed by atoms with E-state index in [4.69, 9.17) is 15.2 Å². The molecule has 0 heterocycles. The van der Waals surface area contributed by atoms with Crippen LogP contribution in [0.2, 0.25) is 0 Å². The van der Waals surface area contributed by atoms with Crippen LogP contribution in [0.1, 0.15) is 46.5 Å². The van der Waals surface area contributed by atoms with Gasteiger partial charge in [0.15, 0.2) is 0 Å². The third-order valence-electron chi connectivity index (χ3n) is 5.27. The van der Waals surface area contributed by atoms with Gasteiger partial charge in [0.1, 0.15) is 0 Å². The zero-order chi connectivity index (χ0) is 15.9. The highest BCUT2D eigenvalue weighted by Gasteiger charge is 2.42. The first-order chi connectivity index (χ1) is 10.0. The maximum Gasteiger partial charge on any atom is 0.0615 e. The third-order valence-corrected chi connectivity index (χ3v) is 5.27. The summed E-state index contributed by atoms with van der Waals surface area (Å²) in [6, 6.07) is 0.375. The lowest BCUT2D eigenvalue weighted by atomic mass is 9.70. The second-order valence-corrected chi connectivity index (χ2v) is 7.02. The van der Waals surface area contributed by atoms with Gasteiger partial charge in [-0.15, -0.1) is 0 Å². The smallest absolute Gasteiger partial charge is 0.0615 e. The molecule has 3 atom stereocenters. The molecule has 0 aromatic heterocycles. The first-order valence-corrected chi connectivity index (χ1v) is 8.45.